The summed E-state index contributed by atoms with van der Waals surface area (Å²) < 4.78 is 0. The van der Waals surface area contributed by atoms with Gasteiger partial charge in [0.2, 0.25) is 11.8 Å². The molecule has 32 heavy (non-hydrogen) atoms. The summed E-state index contributed by atoms with van der Waals surface area (Å²) in [7, 11) is 0. The molecule has 3 rings (SSSR count). The molecule has 0 fully saturated rings. The Labute approximate surface area is 195 Å². The Bertz CT molecular complexity index is 965. The van der Waals surface area contributed by atoms with Crippen molar-refractivity contribution in [1.82, 2.24) is 10.2 Å². The average molecular weight is 447 g/mol. The first-order valence-electron chi connectivity index (χ1n) is 11.0. The summed E-state index contributed by atoms with van der Waals surface area (Å²) in [5.74, 6) is 0.128. The van der Waals surface area contributed by atoms with Gasteiger partial charge in [-0.25, -0.2) is 0 Å². The number of amides is 2. The van der Waals surface area contributed by atoms with E-state index in [1.807, 2.05) is 97.9 Å². The van der Waals surface area contributed by atoms with Gasteiger partial charge in [-0.15, -0.1) is 11.8 Å². The molecule has 2 amide bonds. The minimum atomic E-state index is -0.576. The first kappa shape index (κ1) is 23.6. The van der Waals surface area contributed by atoms with Gasteiger partial charge in [0.05, 0.1) is 5.75 Å². The first-order valence-corrected chi connectivity index (χ1v) is 12.0. The Kier molecular flexibility index (Phi) is 9.38. The van der Waals surface area contributed by atoms with Crippen LogP contribution in [0.4, 0.5) is 0 Å². The van der Waals surface area contributed by atoms with Crippen LogP contribution in [0.2, 0.25) is 0 Å². The first-order chi connectivity index (χ1) is 15.7. The van der Waals surface area contributed by atoms with E-state index in [0.29, 0.717) is 19.5 Å². The molecule has 3 aromatic rings. The Morgan fingerprint density at radius 1 is 0.844 bits per heavy atom. The monoisotopic (exact) mass is 446 g/mol. The lowest BCUT2D eigenvalue weighted by Gasteiger charge is -2.31. The number of rotatable bonds is 11. The van der Waals surface area contributed by atoms with E-state index >= 15 is 0 Å². The number of hydrogen-bond donors (Lipinski definition) is 1. The molecule has 4 nitrogen and oxygen atoms in total. The third-order valence-corrected chi connectivity index (χ3v) is 6.12. The summed E-state index contributed by atoms with van der Waals surface area (Å²) in [5, 5.41) is 3.01. The Hall–Kier alpha value is -3.05. The third kappa shape index (κ3) is 7.27. The molecule has 0 aliphatic heterocycles. The van der Waals surface area contributed by atoms with Gasteiger partial charge < -0.3 is 10.2 Å². The highest BCUT2D eigenvalue weighted by Crippen LogP contribution is 2.20. The fourth-order valence-electron chi connectivity index (χ4n) is 3.44. The van der Waals surface area contributed by atoms with Crippen molar-refractivity contribution < 1.29 is 9.59 Å². The molecule has 0 aromatic heterocycles. The number of nitrogens with zero attached hydrogens (tertiary/aromatic N) is 1. The van der Waals surface area contributed by atoms with Gasteiger partial charge in [-0.2, -0.15) is 0 Å². The topological polar surface area (TPSA) is 49.4 Å². The van der Waals surface area contributed by atoms with Crippen LogP contribution in [-0.4, -0.2) is 35.1 Å². The normalized spacial score (nSPS) is 11.5. The molecule has 166 valence electrons. The summed E-state index contributed by atoms with van der Waals surface area (Å²) >= 11 is 1.50. The van der Waals surface area contributed by atoms with Crippen LogP contribution >= 0.6 is 11.8 Å². The van der Waals surface area contributed by atoms with Gasteiger partial charge in [-0.3, -0.25) is 9.59 Å². The van der Waals surface area contributed by atoms with Crippen molar-refractivity contribution in [2.24, 2.45) is 0 Å². The maximum absolute atomic E-state index is 13.5. The van der Waals surface area contributed by atoms with Gasteiger partial charge in [0.1, 0.15) is 6.04 Å². The van der Waals surface area contributed by atoms with Crippen molar-refractivity contribution in [3.63, 3.8) is 0 Å². The number of thioether (sulfide) groups is 1. The van der Waals surface area contributed by atoms with Crippen LogP contribution in [0.25, 0.3) is 0 Å². The quantitative estimate of drug-likeness (QED) is 0.424. The molecule has 0 saturated heterocycles. The lowest BCUT2D eigenvalue weighted by Crippen LogP contribution is -2.51. The zero-order valence-corrected chi connectivity index (χ0v) is 19.3. The van der Waals surface area contributed by atoms with Gasteiger partial charge in [0.25, 0.3) is 0 Å². The second-order valence-electron chi connectivity index (χ2n) is 7.61. The number of benzene rings is 3. The fraction of sp³-hybridized carbons (Fsp3) is 0.259. The number of nitrogens with one attached hydrogen (secondary N) is 1. The number of hydrogen-bond acceptors (Lipinski definition) is 3. The van der Waals surface area contributed by atoms with E-state index in [1.165, 1.54) is 11.8 Å². The van der Waals surface area contributed by atoms with Crippen LogP contribution < -0.4 is 5.32 Å². The minimum absolute atomic E-state index is 0.0460. The Morgan fingerprint density at radius 2 is 1.41 bits per heavy atom. The predicted molar refractivity (Wildman–Crippen MR) is 131 cm³/mol. The Balaban J connectivity index is 1.86. The summed E-state index contributed by atoms with van der Waals surface area (Å²) in [6.45, 7) is 3.01. The minimum Gasteiger partial charge on any atom is -0.354 e. The fourth-order valence-corrected chi connectivity index (χ4v) is 4.25. The highest BCUT2D eigenvalue weighted by atomic mass is 32.2. The van der Waals surface area contributed by atoms with Gasteiger partial charge in [-0.05, 0) is 29.7 Å². The van der Waals surface area contributed by atoms with Crippen LogP contribution in [0.3, 0.4) is 0 Å². The van der Waals surface area contributed by atoms with E-state index in [-0.39, 0.29) is 17.6 Å². The molecule has 1 N–H and O–H groups in total. The molecule has 0 spiro atoms. The molecular formula is C27H30N2O2S. The molecule has 0 aliphatic rings. The van der Waals surface area contributed by atoms with Crippen molar-refractivity contribution in [2.75, 3.05) is 12.3 Å². The van der Waals surface area contributed by atoms with E-state index in [4.69, 9.17) is 0 Å². The maximum atomic E-state index is 13.5. The van der Waals surface area contributed by atoms with Gasteiger partial charge in [0, 0.05) is 24.4 Å². The van der Waals surface area contributed by atoms with Crippen molar-refractivity contribution >= 4 is 23.6 Å². The smallest absolute Gasteiger partial charge is 0.243 e. The molecule has 0 aliphatic carbocycles. The highest BCUT2D eigenvalue weighted by molar-refractivity contribution is 8.00. The molecule has 3 aromatic carbocycles. The van der Waals surface area contributed by atoms with Crippen LogP contribution in [0.5, 0.6) is 0 Å². The third-order valence-electron chi connectivity index (χ3n) is 5.12. The Morgan fingerprint density at radius 3 is 2.00 bits per heavy atom. The molecule has 1 atom stereocenters. The summed E-state index contributed by atoms with van der Waals surface area (Å²) in [6.07, 6.45) is 1.32. The number of carbonyl (C=O) groups excluding carboxylic acids is 2. The maximum Gasteiger partial charge on any atom is 0.243 e. The number of carbonyl (C=O) groups is 2. The molecule has 0 unspecified atom stereocenters. The average Bonchev–Trinajstić information content (AvgIpc) is 2.85. The van der Waals surface area contributed by atoms with Crippen molar-refractivity contribution in [3.05, 3.63) is 102 Å². The van der Waals surface area contributed by atoms with E-state index in [1.54, 1.807) is 4.90 Å². The largest absolute Gasteiger partial charge is 0.354 e. The van der Waals surface area contributed by atoms with Crippen LogP contribution in [0, 0.1) is 0 Å². The zero-order valence-electron chi connectivity index (χ0n) is 18.4. The molecule has 0 bridgehead atoms. The molecule has 0 saturated carbocycles. The van der Waals surface area contributed by atoms with Crippen molar-refractivity contribution in [2.45, 2.75) is 37.2 Å². The lowest BCUT2D eigenvalue weighted by molar-refractivity contribution is -0.139. The van der Waals surface area contributed by atoms with Crippen LogP contribution in [0.15, 0.2) is 95.9 Å². The van der Waals surface area contributed by atoms with Crippen molar-refractivity contribution in [1.29, 1.82) is 0 Å². The summed E-state index contributed by atoms with van der Waals surface area (Å²) in [5.41, 5.74) is 2.04. The van der Waals surface area contributed by atoms with E-state index in [9.17, 15) is 9.59 Å². The molecule has 0 radical (unpaired) electrons. The standard InChI is InChI=1S/C27H30N2O2S/c1-2-18-28-27(31)25(19-22-12-6-3-7-13-22)29(20-23-14-8-4-9-15-23)26(30)21-32-24-16-10-5-11-17-24/h3-17,25H,2,18-21H2,1H3,(H,28,31)/t25-/m0/s1. The molecule has 0 heterocycles. The molecular weight excluding hydrogens is 416 g/mol. The summed E-state index contributed by atoms with van der Waals surface area (Å²) in [6, 6.07) is 29.1. The second-order valence-corrected chi connectivity index (χ2v) is 8.65. The van der Waals surface area contributed by atoms with E-state index in [2.05, 4.69) is 5.32 Å². The summed E-state index contributed by atoms with van der Waals surface area (Å²) in [4.78, 5) is 29.4. The van der Waals surface area contributed by atoms with E-state index in [0.717, 1.165) is 22.4 Å². The highest BCUT2D eigenvalue weighted by Gasteiger charge is 2.30. The second kappa shape index (κ2) is 12.7. The van der Waals surface area contributed by atoms with Crippen LogP contribution in [0.1, 0.15) is 24.5 Å². The zero-order chi connectivity index (χ0) is 22.6. The van der Waals surface area contributed by atoms with Gasteiger partial charge in [-0.1, -0.05) is 85.8 Å². The van der Waals surface area contributed by atoms with Gasteiger partial charge >= 0.3 is 0 Å². The molecule has 5 heteroatoms. The van der Waals surface area contributed by atoms with Crippen LogP contribution in [-0.2, 0) is 22.6 Å². The SMILES string of the molecule is CCCNC(=O)[C@H](Cc1ccccc1)N(Cc1ccccc1)C(=O)CSc1ccccc1. The van der Waals surface area contributed by atoms with E-state index < -0.39 is 6.04 Å². The van der Waals surface area contributed by atoms with Gasteiger partial charge in [0.15, 0.2) is 0 Å². The lowest BCUT2D eigenvalue weighted by atomic mass is 10.0. The van der Waals surface area contributed by atoms with Crippen molar-refractivity contribution in [3.8, 4) is 0 Å². The predicted octanol–water partition coefficient (Wildman–Crippen LogP) is 4.95.